The van der Waals surface area contributed by atoms with E-state index >= 15 is 0 Å². The van der Waals surface area contributed by atoms with Gasteiger partial charge in [-0.05, 0) is 44.2 Å². The first kappa shape index (κ1) is 14.7. The number of hydrogen-bond donors (Lipinski definition) is 2. The van der Waals surface area contributed by atoms with Crippen molar-refractivity contribution in [2.75, 3.05) is 6.54 Å². The van der Waals surface area contributed by atoms with Crippen LogP contribution < -0.4 is 5.32 Å². The highest BCUT2D eigenvalue weighted by molar-refractivity contribution is 5.93. The van der Waals surface area contributed by atoms with Gasteiger partial charge in [-0.1, -0.05) is 13.8 Å². The second-order valence-electron chi connectivity index (χ2n) is 7.15. The van der Waals surface area contributed by atoms with Crippen LogP contribution in [-0.2, 0) is 0 Å². The molecule has 1 fully saturated rings. The van der Waals surface area contributed by atoms with Gasteiger partial charge < -0.3 is 10.3 Å². The lowest BCUT2D eigenvalue weighted by Gasteiger charge is -2.28. The molecule has 3 aromatic heterocycles. The van der Waals surface area contributed by atoms with Gasteiger partial charge >= 0.3 is 0 Å². The molecule has 23 heavy (non-hydrogen) atoms. The number of nitrogens with one attached hydrogen (secondary N) is 2. The SMILES string of the molecule is CC(C)NCC1CCC(c2ncn3cnc4[nH]ccc4c23)CC1. The zero-order valence-corrected chi connectivity index (χ0v) is 13.9. The minimum Gasteiger partial charge on any atom is -0.346 e. The molecule has 0 aliphatic heterocycles. The first-order valence-corrected chi connectivity index (χ1v) is 8.74. The molecule has 0 radical (unpaired) electrons. The molecule has 5 heteroatoms. The molecule has 2 N–H and O–H groups in total. The summed E-state index contributed by atoms with van der Waals surface area (Å²) in [4.78, 5) is 12.4. The minimum absolute atomic E-state index is 0.579. The summed E-state index contributed by atoms with van der Waals surface area (Å²) >= 11 is 0. The normalized spacial score (nSPS) is 22.4. The van der Waals surface area contributed by atoms with Crippen LogP contribution in [0.1, 0.15) is 51.1 Å². The van der Waals surface area contributed by atoms with Crippen molar-refractivity contribution in [2.24, 2.45) is 5.92 Å². The van der Waals surface area contributed by atoms with E-state index in [0.29, 0.717) is 12.0 Å². The van der Waals surface area contributed by atoms with Crippen LogP contribution in [0.3, 0.4) is 0 Å². The molecular formula is C18H25N5. The van der Waals surface area contributed by atoms with E-state index in [4.69, 9.17) is 4.98 Å². The molecule has 1 aliphatic carbocycles. The standard InChI is InChI=1S/C18H25N5/c1-12(2)20-9-13-3-5-14(6-4-13)16-17-15-7-8-19-18(15)22-11-23(17)10-21-16/h7-8,10-14,19-20H,3-6,9H2,1-2H3. The van der Waals surface area contributed by atoms with E-state index in [9.17, 15) is 0 Å². The summed E-state index contributed by atoms with van der Waals surface area (Å²) in [5.74, 6) is 1.40. The highest BCUT2D eigenvalue weighted by atomic mass is 15.0. The van der Waals surface area contributed by atoms with Crippen LogP contribution in [0, 0.1) is 5.92 Å². The van der Waals surface area contributed by atoms with Crippen LogP contribution in [0.5, 0.6) is 0 Å². The number of aromatic amines is 1. The molecule has 3 aromatic rings. The van der Waals surface area contributed by atoms with E-state index in [2.05, 4.69) is 39.6 Å². The molecule has 0 amide bonds. The van der Waals surface area contributed by atoms with Crippen LogP contribution in [0.2, 0.25) is 0 Å². The van der Waals surface area contributed by atoms with Crippen LogP contribution in [0.25, 0.3) is 16.6 Å². The van der Waals surface area contributed by atoms with Crippen molar-refractivity contribution in [1.82, 2.24) is 24.7 Å². The summed E-state index contributed by atoms with van der Waals surface area (Å²) in [7, 11) is 0. The molecule has 0 unspecified atom stereocenters. The maximum absolute atomic E-state index is 4.74. The number of fused-ring (bicyclic) bond motifs is 3. The molecule has 0 atom stereocenters. The number of imidazole rings is 1. The van der Waals surface area contributed by atoms with E-state index in [1.54, 1.807) is 0 Å². The highest BCUT2D eigenvalue weighted by Crippen LogP contribution is 2.37. The maximum Gasteiger partial charge on any atom is 0.141 e. The summed E-state index contributed by atoms with van der Waals surface area (Å²) in [6.07, 6.45) is 10.8. The van der Waals surface area contributed by atoms with Gasteiger partial charge in [0.15, 0.2) is 0 Å². The Kier molecular flexibility index (Phi) is 3.81. The number of hydrogen-bond acceptors (Lipinski definition) is 3. The fourth-order valence-electron chi connectivity index (χ4n) is 3.86. The third kappa shape index (κ3) is 2.74. The third-order valence-electron chi connectivity index (χ3n) is 5.16. The summed E-state index contributed by atoms with van der Waals surface area (Å²) < 4.78 is 2.07. The predicted octanol–water partition coefficient (Wildman–Crippen LogP) is 3.48. The third-order valence-corrected chi connectivity index (χ3v) is 5.16. The van der Waals surface area contributed by atoms with E-state index in [0.717, 1.165) is 18.1 Å². The molecule has 1 saturated carbocycles. The summed E-state index contributed by atoms with van der Waals surface area (Å²) in [5.41, 5.74) is 3.45. The van der Waals surface area contributed by atoms with Crippen LogP contribution in [0.15, 0.2) is 24.9 Å². The fraction of sp³-hybridized carbons (Fsp3) is 0.556. The lowest BCUT2D eigenvalue weighted by molar-refractivity contribution is 0.306. The molecule has 1 aliphatic rings. The Hall–Kier alpha value is -1.88. The smallest absolute Gasteiger partial charge is 0.141 e. The van der Waals surface area contributed by atoms with E-state index in [-0.39, 0.29) is 0 Å². The molecule has 5 nitrogen and oxygen atoms in total. The number of H-pyrrole nitrogens is 1. The van der Waals surface area contributed by atoms with Gasteiger partial charge in [0.1, 0.15) is 18.3 Å². The van der Waals surface area contributed by atoms with Crippen molar-refractivity contribution < 1.29 is 0 Å². The van der Waals surface area contributed by atoms with Gasteiger partial charge in [-0.2, -0.15) is 0 Å². The molecular weight excluding hydrogens is 286 g/mol. The first-order valence-electron chi connectivity index (χ1n) is 8.74. The van der Waals surface area contributed by atoms with Gasteiger partial charge in [0.2, 0.25) is 0 Å². The van der Waals surface area contributed by atoms with Crippen molar-refractivity contribution in [1.29, 1.82) is 0 Å². The largest absolute Gasteiger partial charge is 0.346 e. The van der Waals surface area contributed by atoms with Gasteiger partial charge in [0.25, 0.3) is 0 Å². The average molecular weight is 311 g/mol. The van der Waals surface area contributed by atoms with Crippen LogP contribution >= 0.6 is 0 Å². The zero-order chi connectivity index (χ0) is 15.8. The van der Waals surface area contributed by atoms with Crippen molar-refractivity contribution in [3.8, 4) is 0 Å². The fourth-order valence-corrected chi connectivity index (χ4v) is 3.86. The van der Waals surface area contributed by atoms with Gasteiger partial charge in [0, 0.05) is 23.5 Å². The molecule has 0 spiro atoms. The van der Waals surface area contributed by atoms with Crippen LogP contribution in [-0.4, -0.2) is 31.9 Å². The molecule has 0 aromatic carbocycles. The average Bonchev–Trinajstić information content (AvgIpc) is 3.19. The minimum atomic E-state index is 0.579. The van der Waals surface area contributed by atoms with Gasteiger partial charge in [-0.3, -0.25) is 4.40 Å². The topological polar surface area (TPSA) is 58.0 Å². The van der Waals surface area contributed by atoms with E-state index in [1.165, 1.54) is 42.3 Å². The Morgan fingerprint density at radius 1 is 1.22 bits per heavy atom. The Morgan fingerprint density at radius 2 is 2.00 bits per heavy atom. The van der Waals surface area contributed by atoms with Crippen molar-refractivity contribution in [3.05, 3.63) is 30.6 Å². The first-order chi connectivity index (χ1) is 11.2. The quantitative estimate of drug-likeness (QED) is 0.775. The van der Waals surface area contributed by atoms with Gasteiger partial charge in [-0.15, -0.1) is 0 Å². The number of nitrogens with zero attached hydrogens (tertiary/aromatic N) is 3. The molecule has 4 rings (SSSR count). The lowest BCUT2D eigenvalue weighted by atomic mass is 9.80. The maximum atomic E-state index is 4.74. The van der Waals surface area contributed by atoms with E-state index in [1.807, 2.05) is 18.9 Å². The Bertz CT molecular complexity index is 792. The molecule has 0 saturated heterocycles. The highest BCUT2D eigenvalue weighted by Gasteiger charge is 2.26. The molecule has 3 heterocycles. The molecule has 0 bridgehead atoms. The van der Waals surface area contributed by atoms with Crippen molar-refractivity contribution in [3.63, 3.8) is 0 Å². The summed E-state index contributed by atoms with van der Waals surface area (Å²) in [5, 5.41) is 4.77. The Balaban J connectivity index is 1.55. The second-order valence-corrected chi connectivity index (χ2v) is 7.15. The zero-order valence-electron chi connectivity index (χ0n) is 13.9. The second kappa shape index (κ2) is 5.96. The van der Waals surface area contributed by atoms with Gasteiger partial charge in [-0.25, -0.2) is 9.97 Å². The van der Waals surface area contributed by atoms with Gasteiger partial charge in [0.05, 0.1) is 11.2 Å². The predicted molar refractivity (Wildman–Crippen MR) is 92.7 cm³/mol. The van der Waals surface area contributed by atoms with Crippen molar-refractivity contribution in [2.45, 2.75) is 51.5 Å². The summed E-state index contributed by atoms with van der Waals surface area (Å²) in [6, 6.07) is 2.69. The van der Waals surface area contributed by atoms with Crippen LogP contribution in [0.4, 0.5) is 0 Å². The molecule has 122 valence electrons. The monoisotopic (exact) mass is 311 g/mol. The van der Waals surface area contributed by atoms with E-state index < -0.39 is 0 Å². The van der Waals surface area contributed by atoms with Crippen molar-refractivity contribution >= 4 is 16.6 Å². The number of rotatable bonds is 4. The summed E-state index contributed by atoms with van der Waals surface area (Å²) in [6.45, 7) is 5.60. The number of aromatic nitrogens is 4. The Morgan fingerprint density at radius 3 is 2.78 bits per heavy atom. The lowest BCUT2D eigenvalue weighted by Crippen LogP contribution is -2.30. The Labute approximate surface area is 136 Å².